The minimum atomic E-state index is -7.21. The number of unbranched alkanes of at least 4 members (excludes halogenated alkanes) is 4. The average Bonchev–Trinajstić information content (AvgIpc) is 2.84. The highest BCUT2D eigenvalue weighted by Gasteiger charge is 2.69. The van der Waals surface area contributed by atoms with E-state index in [-0.39, 0.29) is 0 Å². The molecule has 1 nitrogen and oxygen atoms in total. The van der Waals surface area contributed by atoms with Crippen LogP contribution in [0, 0.1) is 0 Å². The quantitative estimate of drug-likeness (QED) is 0.231. The summed E-state index contributed by atoms with van der Waals surface area (Å²) >= 11 is 0. The summed E-state index contributed by atoms with van der Waals surface area (Å²) in [7, 11) is 2.44. The van der Waals surface area contributed by atoms with Crippen LogP contribution in [0.4, 0.5) is 34.9 Å². The second kappa shape index (κ2) is 9.24. The van der Waals surface area contributed by atoms with E-state index in [1.807, 2.05) is 0 Å². The molecule has 0 saturated carbocycles. The Morgan fingerprint density at radius 3 is 1.62 bits per heavy atom. The van der Waals surface area contributed by atoms with Crippen LogP contribution >= 0.6 is 0 Å². The summed E-state index contributed by atoms with van der Waals surface area (Å²) in [5.74, 6) is -6.56. The van der Waals surface area contributed by atoms with E-state index in [1.54, 1.807) is 0 Å². The van der Waals surface area contributed by atoms with Crippen molar-refractivity contribution in [2.75, 3.05) is 26.7 Å². The van der Waals surface area contributed by atoms with Crippen LogP contribution in [0.15, 0.2) is 0 Å². The zero-order valence-electron chi connectivity index (χ0n) is 14.1. The highest BCUT2D eigenvalue weighted by Crippen LogP contribution is 2.44. The van der Waals surface area contributed by atoms with Gasteiger partial charge in [0.2, 0.25) is 0 Å². The summed E-state index contributed by atoms with van der Waals surface area (Å²) in [5.41, 5.74) is 0. The van der Waals surface area contributed by atoms with Crippen LogP contribution in [0.2, 0.25) is 0 Å². The van der Waals surface area contributed by atoms with Crippen molar-refractivity contribution < 1.29 is 39.4 Å². The van der Waals surface area contributed by atoms with Crippen LogP contribution in [0.1, 0.15) is 51.9 Å². The van der Waals surface area contributed by atoms with Crippen LogP contribution in [-0.2, 0) is 0 Å². The smallest absolute Gasteiger partial charge is 0.445 e. The van der Waals surface area contributed by atoms with Gasteiger partial charge < -0.3 is 17.4 Å². The monoisotopic (exact) mass is 371 g/mol. The second-order valence-corrected chi connectivity index (χ2v) is 6.61. The minimum Gasteiger partial charge on any atom is -0.445 e. The van der Waals surface area contributed by atoms with Crippen LogP contribution in [0.5, 0.6) is 0 Å². The molecule has 0 aromatic rings. The number of hydrogen-bond donors (Lipinski definition) is 0. The van der Waals surface area contributed by atoms with Crippen LogP contribution < -0.4 is 0 Å². The fourth-order valence-corrected chi connectivity index (χ4v) is 2.61. The van der Waals surface area contributed by atoms with E-state index < -0.39 is 19.0 Å². The lowest BCUT2D eigenvalue weighted by atomic mass is 9.80. The number of nitrogens with zero attached hydrogens (tertiary/aromatic N) is 1. The van der Waals surface area contributed by atoms with Gasteiger partial charge in [0.25, 0.3) is 0 Å². The van der Waals surface area contributed by atoms with Crippen molar-refractivity contribution >= 4 is 6.98 Å². The van der Waals surface area contributed by atoms with Crippen molar-refractivity contribution in [1.82, 2.24) is 0 Å². The van der Waals surface area contributed by atoms with Gasteiger partial charge in [-0.25, -0.2) is 8.78 Å². The molecule has 0 aromatic carbocycles. The number of rotatable bonds is 7. The van der Waals surface area contributed by atoms with Crippen molar-refractivity contribution in [2.24, 2.45) is 0 Å². The Bertz CT molecular complexity index is 332. The van der Waals surface area contributed by atoms with Gasteiger partial charge in [-0.05, 0) is 12.8 Å². The normalized spacial score (nSPS) is 18.2. The van der Waals surface area contributed by atoms with Gasteiger partial charge in [-0.3, -0.25) is 0 Å². The first-order valence-electron chi connectivity index (χ1n) is 8.24. The molecule has 0 amide bonds. The molecule has 1 rings (SSSR count). The van der Waals surface area contributed by atoms with Gasteiger partial charge in [0.05, 0.1) is 26.7 Å². The number of quaternary nitrogens is 1. The van der Waals surface area contributed by atoms with E-state index in [4.69, 9.17) is 0 Å². The number of likely N-dealkylation sites (tertiary alicyclic amines) is 1. The summed E-state index contributed by atoms with van der Waals surface area (Å²) < 4.78 is 89.2. The topological polar surface area (TPSA) is 0 Å². The third kappa shape index (κ3) is 7.57. The predicted molar refractivity (Wildman–Crippen MR) is 78.9 cm³/mol. The van der Waals surface area contributed by atoms with Gasteiger partial charge in [0, 0.05) is 12.8 Å². The van der Waals surface area contributed by atoms with Crippen molar-refractivity contribution in [3.63, 3.8) is 0 Å². The second-order valence-electron chi connectivity index (χ2n) is 6.61. The molecule has 0 unspecified atom stereocenters. The maximum Gasteiger partial charge on any atom is 0.558 e. The molecule has 1 saturated heterocycles. The van der Waals surface area contributed by atoms with Crippen LogP contribution in [0.25, 0.3) is 0 Å². The first-order chi connectivity index (χ1) is 10.8. The molecule has 1 fully saturated rings. The van der Waals surface area contributed by atoms with Gasteiger partial charge in [-0.15, -0.1) is 0 Å². The molecule has 24 heavy (non-hydrogen) atoms. The van der Waals surface area contributed by atoms with E-state index in [1.165, 1.54) is 69.1 Å². The SMILES string of the molecule is CCCCCCC[N+]1(C)CCCC1.F[B-](F)(F)C(F)(F)C(F)(F)F. The summed E-state index contributed by atoms with van der Waals surface area (Å²) in [6.45, 7) is -0.611. The lowest BCUT2D eigenvalue weighted by Crippen LogP contribution is -2.53. The van der Waals surface area contributed by atoms with Gasteiger partial charge >= 0.3 is 19.0 Å². The molecule has 1 heterocycles. The lowest BCUT2D eigenvalue weighted by molar-refractivity contribution is -0.897. The first kappa shape index (κ1) is 23.5. The highest BCUT2D eigenvalue weighted by atomic mass is 19.4. The maximum absolute atomic E-state index is 11.2. The molecule has 1 aliphatic rings. The third-order valence-electron chi connectivity index (χ3n) is 4.24. The Morgan fingerprint density at radius 1 is 0.833 bits per heavy atom. The van der Waals surface area contributed by atoms with E-state index in [0.29, 0.717) is 0 Å². The number of halogens is 8. The lowest BCUT2D eigenvalue weighted by Gasteiger charge is -2.29. The van der Waals surface area contributed by atoms with Crippen molar-refractivity contribution in [3.05, 3.63) is 0 Å². The van der Waals surface area contributed by atoms with Crippen molar-refractivity contribution in [3.8, 4) is 0 Å². The first-order valence-corrected chi connectivity index (χ1v) is 8.24. The maximum atomic E-state index is 11.2. The Morgan fingerprint density at radius 2 is 1.29 bits per heavy atom. The third-order valence-corrected chi connectivity index (χ3v) is 4.24. The Kier molecular flexibility index (Phi) is 9.04. The molecule has 0 radical (unpaired) electrons. The number of hydrogen-bond acceptors (Lipinski definition) is 0. The number of alkyl halides is 5. The molecular weight excluding hydrogens is 345 g/mol. The molecule has 146 valence electrons. The predicted octanol–water partition coefficient (Wildman–Crippen LogP) is 5.77. The Labute approximate surface area is 138 Å². The Balaban J connectivity index is 0.000000449. The molecule has 0 aliphatic carbocycles. The zero-order chi connectivity index (χ0) is 19.1. The highest BCUT2D eigenvalue weighted by molar-refractivity contribution is 6.61. The van der Waals surface area contributed by atoms with E-state index in [9.17, 15) is 34.9 Å². The van der Waals surface area contributed by atoms with Gasteiger partial charge in [-0.2, -0.15) is 13.2 Å². The molecule has 0 atom stereocenters. The molecule has 1 aliphatic heterocycles. The van der Waals surface area contributed by atoms with E-state index in [2.05, 4.69) is 14.0 Å². The summed E-state index contributed by atoms with van der Waals surface area (Å²) in [6.07, 6.45) is 3.55. The van der Waals surface area contributed by atoms with Crippen LogP contribution in [-0.4, -0.2) is 50.1 Å². The van der Waals surface area contributed by atoms with Crippen molar-refractivity contribution in [1.29, 1.82) is 0 Å². The molecule has 10 heteroatoms. The fourth-order valence-electron chi connectivity index (χ4n) is 2.61. The van der Waals surface area contributed by atoms with E-state index >= 15 is 0 Å². The van der Waals surface area contributed by atoms with Crippen molar-refractivity contribution in [2.45, 2.75) is 63.9 Å². The summed E-state index contributed by atoms with van der Waals surface area (Å²) in [5, 5.41) is 0. The fraction of sp³-hybridized carbons (Fsp3) is 1.00. The average molecular weight is 371 g/mol. The zero-order valence-corrected chi connectivity index (χ0v) is 14.1. The minimum absolute atomic E-state index is 1.37. The summed E-state index contributed by atoms with van der Waals surface area (Å²) in [4.78, 5) is 0. The molecular formula is C14H26BF8N. The van der Waals surface area contributed by atoms with Gasteiger partial charge in [0.1, 0.15) is 0 Å². The Hall–Kier alpha value is -0.535. The molecule has 0 bridgehead atoms. The van der Waals surface area contributed by atoms with Crippen LogP contribution in [0.3, 0.4) is 0 Å². The van der Waals surface area contributed by atoms with Gasteiger partial charge in [0.15, 0.2) is 0 Å². The summed E-state index contributed by atoms with van der Waals surface area (Å²) in [6, 6.07) is 0. The molecule has 0 spiro atoms. The molecule has 0 N–H and O–H groups in total. The van der Waals surface area contributed by atoms with E-state index in [0.717, 1.165) is 0 Å². The standard InChI is InChI=1S/C12H26N.C2BF8/c1-3-4-5-6-7-10-13(2)11-8-9-12-13;4-1(5,2(6,7)8)3(9,10)11/h3-12H2,1-2H3;/q+1;-1. The molecule has 0 aromatic heterocycles. The van der Waals surface area contributed by atoms with Gasteiger partial charge in [-0.1, -0.05) is 26.2 Å². The largest absolute Gasteiger partial charge is 0.558 e.